The van der Waals surface area contributed by atoms with Gasteiger partial charge >= 0.3 is 18.3 Å². The molecular weight excluding hydrogens is 254 g/mol. The molecular formula is C11H9F4NO2. The summed E-state index contributed by atoms with van der Waals surface area (Å²) in [5.41, 5.74) is 0.0778. The summed E-state index contributed by atoms with van der Waals surface area (Å²) < 4.78 is 55.6. The number of para-hydroxylation sites is 2. The average Bonchev–Trinajstić information content (AvgIpc) is 2.37. The number of rotatable bonds is 2. The highest BCUT2D eigenvalue weighted by atomic mass is 19.3. The molecule has 0 bridgehead atoms. The number of hydrogen-bond acceptors (Lipinski definition) is 2. The third-order valence-corrected chi connectivity index (χ3v) is 2.53. The van der Waals surface area contributed by atoms with E-state index in [-0.39, 0.29) is 24.6 Å². The van der Waals surface area contributed by atoms with Gasteiger partial charge in [0.15, 0.2) is 0 Å². The molecule has 98 valence electrons. The summed E-state index contributed by atoms with van der Waals surface area (Å²) in [5.74, 6) is -6.37. The van der Waals surface area contributed by atoms with Crippen LogP contribution in [0.2, 0.25) is 0 Å². The van der Waals surface area contributed by atoms with Crippen LogP contribution in [-0.2, 0) is 4.79 Å². The SMILES string of the molecule is O=C(N1CCOc2ccccc21)C(F)(F)C(F)F. The number of halogens is 4. The van der Waals surface area contributed by atoms with Crippen molar-refractivity contribution in [1.29, 1.82) is 0 Å². The molecule has 18 heavy (non-hydrogen) atoms. The maximum Gasteiger partial charge on any atom is 0.384 e. The van der Waals surface area contributed by atoms with E-state index in [2.05, 4.69) is 0 Å². The van der Waals surface area contributed by atoms with Crippen LogP contribution in [0, 0.1) is 0 Å². The molecule has 0 spiro atoms. The third-order valence-electron chi connectivity index (χ3n) is 2.53. The van der Waals surface area contributed by atoms with E-state index in [0.717, 1.165) is 0 Å². The minimum atomic E-state index is -4.69. The highest BCUT2D eigenvalue weighted by Crippen LogP contribution is 2.35. The van der Waals surface area contributed by atoms with E-state index >= 15 is 0 Å². The largest absolute Gasteiger partial charge is 0.490 e. The van der Waals surface area contributed by atoms with Crippen LogP contribution in [0.25, 0.3) is 0 Å². The molecule has 0 saturated carbocycles. The zero-order chi connectivity index (χ0) is 13.3. The Bertz CT molecular complexity index is 464. The monoisotopic (exact) mass is 263 g/mol. The van der Waals surface area contributed by atoms with Crippen LogP contribution >= 0.6 is 0 Å². The van der Waals surface area contributed by atoms with Crippen LogP contribution in [0.3, 0.4) is 0 Å². The van der Waals surface area contributed by atoms with Crippen molar-refractivity contribution in [1.82, 2.24) is 0 Å². The van der Waals surface area contributed by atoms with Crippen molar-refractivity contribution in [2.24, 2.45) is 0 Å². The number of nitrogens with zero attached hydrogens (tertiary/aromatic N) is 1. The van der Waals surface area contributed by atoms with Gasteiger partial charge in [0, 0.05) is 0 Å². The van der Waals surface area contributed by atoms with Crippen LogP contribution in [0.1, 0.15) is 0 Å². The van der Waals surface area contributed by atoms with Crippen LogP contribution in [0.15, 0.2) is 24.3 Å². The predicted molar refractivity (Wildman–Crippen MR) is 55.2 cm³/mol. The number of anilines is 1. The van der Waals surface area contributed by atoms with E-state index in [1.165, 1.54) is 18.2 Å². The summed E-state index contributed by atoms with van der Waals surface area (Å²) in [5, 5.41) is 0. The van der Waals surface area contributed by atoms with Crippen molar-refractivity contribution in [2.75, 3.05) is 18.1 Å². The first-order valence-electron chi connectivity index (χ1n) is 5.14. The fourth-order valence-corrected chi connectivity index (χ4v) is 1.65. The van der Waals surface area contributed by atoms with E-state index < -0.39 is 18.3 Å². The van der Waals surface area contributed by atoms with Crippen molar-refractivity contribution in [3.8, 4) is 5.75 Å². The van der Waals surface area contributed by atoms with Gasteiger partial charge < -0.3 is 9.64 Å². The number of ether oxygens (including phenoxy) is 1. The zero-order valence-corrected chi connectivity index (χ0v) is 9.08. The van der Waals surface area contributed by atoms with Crippen LogP contribution in [0.4, 0.5) is 23.2 Å². The van der Waals surface area contributed by atoms with Gasteiger partial charge in [-0.25, -0.2) is 8.78 Å². The molecule has 0 atom stereocenters. The molecule has 0 radical (unpaired) electrons. The maximum atomic E-state index is 13.0. The molecule has 0 saturated heterocycles. The van der Waals surface area contributed by atoms with Gasteiger partial charge in [0.1, 0.15) is 12.4 Å². The molecule has 2 rings (SSSR count). The van der Waals surface area contributed by atoms with Crippen LogP contribution < -0.4 is 9.64 Å². The summed E-state index contributed by atoms with van der Waals surface area (Å²) in [6.45, 7) is -0.194. The smallest absolute Gasteiger partial charge is 0.384 e. The molecule has 0 unspecified atom stereocenters. The van der Waals surface area contributed by atoms with E-state index in [0.29, 0.717) is 4.90 Å². The number of fused-ring (bicyclic) bond motifs is 1. The van der Waals surface area contributed by atoms with Gasteiger partial charge in [-0.2, -0.15) is 8.78 Å². The van der Waals surface area contributed by atoms with Crippen molar-refractivity contribution in [3.63, 3.8) is 0 Å². The van der Waals surface area contributed by atoms with Gasteiger partial charge in [-0.15, -0.1) is 0 Å². The molecule has 0 aromatic heterocycles. The Labute approximate surface area is 99.9 Å². The number of benzene rings is 1. The Morgan fingerprint density at radius 2 is 2.00 bits per heavy atom. The highest BCUT2D eigenvalue weighted by molar-refractivity contribution is 6.00. The van der Waals surface area contributed by atoms with E-state index in [9.17, 15) is 22.4 Å². The lowest BCUT2D eigenvalue weighted by molar-refractivity contribution is -0.166. The lowest BCUT2D eigenvalue weighted by atomic mass is 10.2. The van der Waals surface area contributed by atoms with E-state index in [4.69, 9.17) is 4.74 Å². The van der Waals surface area contributed by atoms with Gasteiger partial charge in [0.2, 0.25) is 0 Å². The summed E-state index contributed by atoms with van der Waals surface area (Å²) in [7, 11) is 0. The first-order chi connectivity index (χ1) is 8.44. The topological polar surface area (TPSA) is 29.5 Å². The van der Waals surface area contributed by atoms with Gasteiger partial charge in [-0.05, 0) is 12.1 Å². The first kappa shape index (κ1) is 12.7. The third kappa shape index (κ3) is 2.00. The maximum absolute atomic E-state index is 13.0. The number of amides is 1. The summed E-state index contributed by atoms with van der Waals surface area (Å²) in [4.78, 5) is 12.1. The first-order valence-corrected chi connectivity index (χ1v) is 5.14. The molecule has 1 aromatic carbocycles. The molecule has 0 fully saturated rings. The Balaban J connectivity index is 2.34. The normalized spacial score (nSPS) is 15.3. The fraction of sp³-hybridized carbons (Fsp3) is 0.364. The molecule has 1 aromatic rings. The molecule has 1 amide bonds. The number of alkyl halides is 4. The molecule has 7 heteroatoms. The average molecular weight is 263 g/mol. The molecule has 1 heterocycles. The highest BCUT2D eigenvalue weighted by Gasteiger charge is 2.52. The summed E-state index contributed by atoms with van der Waals surface area (Å²) in [6.07, 6.45) is -4.03. The number of carbonyl (C=O) groups is 1. The van der Waals surface area contributed by atoms with Crippen LogP contribution in [0.5, 0.6) is 5.75 Å². The van der Waals surface area contributed by atoms with Crippen molar-refractivity contribution in [3.05, 3.63) is 24.3 Å². The van der Waals surface area contributed by atoms with Gasteiger partial charge in [0.25, 0.3) is 0 Å². The van der Waals surface area contributed by atoms with E-state index in [1.807, 2.05) is 0 Å². The second-order valence-corrected chi connectivity index (χ2v) is 3.70. The lowest BCUT2D eigenvalue weighted by Crippen LogP contribution is -2.50. The van der Waals surface area contributed by atoms with E-state index in [1.54, 1.807) is 6.07 Å². The van der Waals surface area contributed by atoms with Gasteiger partial charge in [0.05, 0.1) is 12.2 Å². The second kappa shape index (κ2) is 4.47. The molecule has 1 aliphatic rings. The minimum absolute atomic E-state index is 0.0118. The number of hydrogen-bond donors (Lipinski definition) is 0. The quantitative estimate of drug-likeness (QED) is 0.766. The Hall–Kier alpha value is -1.79. The zero-order valence-electron chi connectivity index (χ0n) is 9.08. The standard InChI is InChI=1S/C11H9F4NO2/c12-9(13)11(14,15)10(17)16-5-6-18-8-4-2-1-3-7(8)16/h1-4,9H,5-6H2. The second-order valence-electron chi connectivity index (χ2n) is 3.70. The molecule has 1 aliphatic heterocycles. The van der Waals surface area contributed by atoms with Crippen LogP contribution in [-0.4, -0.2) is 31.4 Å². The Morgan fingerprint density at radius 3 is 2.67 bits per heavy atom. The number of carbonyl (C=O) groups excluding carboxylic acids is 1. The Kier molecular flexibility index (Phi) is 3.14. The molecule has 0 aliphatic carbocycles. The van der Waals surface area contributed by atoms with Gasteiger partial charge in [-0.1, -0.05) is 12.1 Å². The predicted octanol–water partition coefficient (Wildman–Crippen LogP) is 2.31. The van der Waals surface area contributed by atoms with Crippen molar-refractivity contribution < 1.29 is 27.1 Å². The van der Waals surface area contributed by atoms with Crippen molar-refractivity contribution >= 4 is 11.6 Å². The fourth-order valence-electron chi connectivity index (χ4n) is 1.65. The minimum Gasteiger partial charge on any atom is -0.490 e. The lowest BCUT2D eigenvalue weighted by Gasteiger charge is -2.31. The van der Waals surface area contributed by atoms with Crippen molar-refractivity contribution in [2.45, 2.75) is 12.3 Å². The summed E-state index contributed by atoms with van der Waals surface area (Å²) >= 11 is 0. The Morgan fingerprint density at radius 1 is 1.33 bits per heavy atom. The molecule has 3 nitrogen and oxygen atoms in total. The molecule has 0 N–H and O–H groups in total. The van der Waals surface area contributed by atoms with Gasteiger partial charge in [-0.3, -0.25) is 4.79 Å². The summed E-state index contributed by atoms with van der Waals surface area (Å²) in [6, 6.07) is 5.95.